The number of amides is 1. The van der Waals surface area contributed by atoms with Crippen LogP contribution in [0.1, 0.15) is 30.9 Å². The number of ether oxygens (including phenoxy) is 1. The van der Waals surface area contributed by atoms with E-state index < -0.39 is 17.5 Å². The molecule has 0 heterocycles. The molecule has 1 aliphatic carbocycles. The van der Waals surface area contributed by atoms with Gasteiger partial charge in [-0.2, -0.15) is 0 Å². The van der Waals surface area contributed by atoms with Gasteiger partial charge in [0, 0.05) is 25.2 Å². The third-order valence-corrected chi connectivity index (χ3v) is 2.97. The van der Waals surface area contributed by atoms with E-state index in [2.05, 4.69) is 0 Å². The third-order valence-electron chi connectivity index (χ3n) is 2.97. The summed E-state index contributed by atoms with van der Waals surface area (Å²) < 4.78 is 46.0. The fourth-order valence-electron chi connectivity index (χ4n) is 1.60. The minimum absolute atomic E-state index is 0.0391. The topological polar surface area (TPSA) is 46.6 Å². The number of carbonyl (C=O) groups is 2. The number of nitrogens with zero attached hydrogens (tertiary/aromatic N) is 1. The van der Waals surface area contributed by atoms with Gasteiger partial charge < -0.3 is 14.4 Å². The summed E-state index contributed by atoms with van der Waals surface area (Å²) in [5, 5.41) is 0. The summed E-state index contributed by atoms with van der Waals surface area (Å²) in [6.45, 7) is 4.91. The molecule has 1 aromatic rings. The zero-order valence-corrected chi connectivity index (χ0v) is 13.8. The van der Waals surface area contributed by atoms with E-state index in [9.17, 15) is 18.0 Å². The van der Waals surface area contributed by atoms with Crippen molar-refractivity contribution in [3.63, 3.8) is 0 Å². The van der Waals surface area contributed by atoms with Gasteiger partial charge in [0.15, 0.2) is 23.2 Å². The average Bonchev–Trinajstić information content (AvgIpc) is 3.37. The highest BCUT2D eigenvalue weighted by Gasteiger charge is 2.29. The van der Waals surface area contributed by atoms with Gasteiger partial charge in [-0.3, -0.25) is 4.79 Å². The Balaban J connectivity index is 0.000000594. The summed E-state index contributed by atoms with van der Waals surface area (Å²) in [5.41, 5.74) is -0.321. The van der Waals surface area contributed by atoms with Crippen LogP contribution in [0.5, 0.6) is 5.75 Å². The Morgan fingerprint density at radius 1 is 1.17 bits per heavy atom. The molecule has 1 aliphatic rings. The number of benzene rings is 1. The maximum Gasteiger partial charge on any atom is 0.209 e. The van der Waals surface area contributed by atoms with Crippen molar-refractivity contribution in [3.05, 3.63) is 28.6 Å². The highest BCUT2D eigenvalue weighted by molar-refractivity contribution is 5.45. The quantitative estimate of drug-likeness (QED) is 0.628. The largest absolute Gasteiger partial charge is 0.487 e. The van der Waals surface area contributed by atoms with Gasteiger partial charge in [-0.05, 0) is 26.2 Å². The maximum atomic E-state index is 13.8. The predicted molar refractivity (Wildman–Crippen MR) is 81.0 cm³/mol. The van der Waals surface area contributed by atoms with Crippen LogP contribution in [-0.2, 0) is 16.0 Å². The fourth-order valence-corrected chi connectivity index (χ4v) is 1.60. The third kappa shape index (κ3) is 5.92. The second-order valence-corrected chi connectivity index (χ2v) is 5.11. The van der Waals surface area contributed by atoms with Crippen LogP contribution in [0.3, 0.4) is 0 Å². The van der Waals surface area contributed by atoms with E-state index in [1.54, 1.807) is 21.0 Å². The van der Waals surface area contributed by atoms with Crippen molar-refractivity contribution in [2.45, 2.75) is 39.2 Å². The van der Waals surface area contributed by atoms with Crippen LogP contribution in [0.25, 0.3) is 0 Å². The highest BCUT2D eigenvalue weighted by Crippen LogP contribution is 2.35. The summed E-state index contributed by atoms with van der Waals surface area (Å²) in [7, 11) is 3.38. The molecule has 4 nitrogen and oxygen atoms in total. The zero-order valence-electron chi connectivity index (χ0n) is 13.8. The lowest BCUT2D eigenvalue weighted by Gasteiger charge is -2.13. The molecule has 7 heteroatoms. The van der Waals surface area contributed by atoms with Crippen molar-refractivity contribution >= 4 is 13.2 Å². The van der Waals surface area contributed by atoms with Crippen LogP contribution in [-0.4, -0.2) is 38.3 Å². The Kier molecular flexibility index (Phi) is 8.98. The van der Waals surface area contributed by atoms with Crippen molar-refractivity contribution in [1.82, 2.24) is 4.90 Å². The average molecular weight is 333 g/mol. The lowest BCUT2D eigenvalue weighted by Crippen LogP contribution is -2.08. The van der Waals surface area contributed by atoms with E-state index in [1.165, 1.54) is 11.8 Å². The molecule has 1 aromatic carbocycles. The van der Waals surface area contributed by atoms with E-state index in [-0.39, 0.29) is 29.4 Å². The van der Waals surface area contributed by atoms with Gasteiger partial charge in [0.1, 0.15) is 6.79 Å². The van der Waals surface area contributed by atoms with Gasteiger partial charge in [-0.1, -0.05) is 6.92 Å². The highest BCUT2D eigenvalue weighted by atomic mass is 19.2. The standard InChI is InChI=1S/C12H13F3O.C3H7NO.CH2O/c1-3-8-10(14)9(13)6(2)12(11(8)15)16-7-4-5-7;1-4(2)3-5;1-2/h7H,3-5H2,1-2H3;3H,1-2H3;1H2. The molecule has 130 valence electrons. The van der Waals surface area contributed by atoms with Crippen LogP contribution in [0, 0.1) is 24.4 Å². The van der Waals surface area contributed by atoms with Gasteiger partial charge in [0.25, 0.3) is 0 Å². The van der Waals surface area contributed by atoms with E-state index in [4.69, 9.17) is 9.53 Å². The molecule has 1 amide bonds. The van der Waals surface area contributed by atoms with Crippen LogP contribution in [0.2, 0.25) is 0 Å². The minimum atomic E-state index is -1.10. The summed E-state index contributed by atoms with van der Waals surface area (Å²) >= 11 is 0. The lowest BCUT2D eigenvalue weighted by atomic mass is 10.1. The molecule has 0 aromatic heterocycles. The van der Waals surface area contributed by atoms with Crippen molar-refractivity contribution in [2.24, 2.45) is 0 Å². The molecule has 0 saturated heterocycles. The monoisotopic (exact) mass is 333 g/mol. The SMILES string of the molecule is C=O.CCc1c(F)c(F)c(C)c(OC2CC2)c1F.CN(C)C=O. The summed E-state index contributed by atoms with van der Waals surface area (Å²) in [6.07, 6.45) is 2.51. The molecule has 0 aliphatic heterocycles. The Labute approximate surface area is 134 Å². The van der Waals surface area contributed by atoms with Gasteiger partial charge in [0.05, 0.1) is 6.10 Å². The minimum Gasteiger partial charge on any atom is -0.487 e. The molecule has 0 atom stereocenters. The molecule has 1 saturated carbocycles. The molecule has 0 bridgehead atoms. The predicted octanol–water partition coefficient (Wildman–Crippen LogP) is 3.04. The number of hydrogen-bond donors (Lipinski definition) is 0. The first kappa shape index (κ1) is 20.9. The van der Waals surface area contributed by atoms with Crippen molar-refractivity contribution in [2.75, 3.05) is 14.1 Å². The van der Waals surface area contributed by atoms with Crippen LogP contribution >= 0.6 is 0 Å². The van der Waals surface area contributed by atoms with Crippen LogP contribution in [0.15, 0.2) is 0 Å². The molecule has 2 rings (SSSR count). The number of halogens is 3. The van der Waals surface area contributed by atoms with E-state index >= 15 is 0 Å². The lowest BCUT2D eigenvalue weighted by molar-refractivity contribution is -0.115. The molecular formula is C16H22F3NO3. The second kappa shape index (κ2) is 9.86. The van der Waals surface area contributed by atoms with Crippen molar-refractivity contribution < 1.29 is 27.5 Å². The van der Waals surface area contributed by atoms with E-state index in [0.29, 0.717) is 0 Å². The molecule has 0 unspecified atom stereocenters. The summed E-state index contributed by atoms with van der Waals surface area (Å²) in [4.78, 5) is 18.9. The summed E-state index contributed by atoms with van der Waals surface area (Å²) in [6, 6.07) is 0. The smallest absolute Gasteiger partial charge is 0.209 e. The number of carbonyl (C=O) groups excluding carboxylic acids is 2. The molecule has 0 spiro atoms. The Morgan fingerprint density at radius 3 is 2.00 bits per heavy atom. The fraction of sp³-hybridized carbons (Fsp3) is 0.500. The van der Waals surface area contributed by atoms with Gasteiger partial charge in [-0.15, -0.1) is 0 Å². The maximum absolute atomic E-state index is 13.8. The van der Waals surface area contributed by atoms with Gasteiger partial charge in [-0.25, -0.2) is 13.2 Å². The normalized spacial score (nSPS) is 12.3. The van der Waals surface area contributed by atoms with Crippen LogP contribution in [0.4, 0.5) is 13.2 Å². The van der Waals surface area contributed by atoms with Gasteiger partial charge >= 0.3 is 0 Å². The first-order valence-corrected chi connectivity index (χ1v) is 7.06. The zero-order chi connectivity index (χ0) is 18.2. The number of rotatable bonds is 4. The molecule has 23 heavy (non-hydrogen) atoms. The van der Waals surface area contributed by atoms with E-state index in [0.717, 1.165) is 19.3 Å². The van der Waals surface area contributed by atoms with Crippen LogP contribution < -0.4 is 4.74 Å². The Morgan fingerprint density at radius 2 is 1.65 bits per heavy atom. The number of hydrogen-bond acceptors (Lipinski definition) is 3. The molecule has 0 N–H and O–H groups in total. The Bertz CT molecular complexity index is 532. The first-order chi connectivity index (χ1) is 10.8. The molecule has 0 radical (unpaired) electrons. The van der Waals surface area contributed by atoms with Gasteiger partial charge in [0.2, 0.25) is 6.41 Å². The Hall–Kier alpha value is -2.05. The van der Waals surface area contributed by atoms with E-state index in [1.807, 2.05) is 6.79 Å². The van der Waals surface area contributed by atoms with Crippen molar-refractivity contribution in [1.29, 1.82) is 0 Å². The second-order valence-electron chi connectivity index (χ2n) is 5.11. The molecule has 1 fully saturated rings. The van der Waals surface area contributed by atoms with Crippen molar-refractivity contribution in [3.8, 4) is 5.75 Å². The summed E-state index contributed by atoms with van der Waals surface area (Å²) in [5.74, 6) is -2.99. The first-order valence-electron chi connectivity index (χ1n) is 7.06. The molecular weight excluding hydrogens is 311 g/mol.